The highest BCUT2D eigenvalue weighted by Gasteiger charge is 2.17. The monoisotopic (exact) mass is 617 g/mol. The third-order valence-electron chi connectivity index (χ3n) is 8.73. The second kappa shape index (κ2) is 11.4. The van der Waals surface area contributed by atoms with Gasteiger partial charge in [-0.2, -0.15) is 0 Å². The van der Waals surface area contributed by atoms with E-state index in [1.165, 1.54) is 25.7 Å². The Hall–Kier alpha value is -5.97. The van der Waals surface area contributed by atoms with E-state index < -0.39 is 0 Å². The van der Waals surface area contributed by atoms with Crippen LogP contribution in [0.2, 0.25) is 0 Å². The van der Waals surface area contributed by atoms with E-state index in [9.17, 15) is 0 Å². The van der Waals surface area contributed by atoms with E-state index in [0.717, 1.165) is 44.2 Å². The van der Waals surface area contributed by atoms with E-state index in [4.69, 9.17) is 15.0 Å². The Morgan fingerprint density at radius 2 is 0.915 bits per heavy atom. The number of hydrogen-bond acceptors (Lipinski definition) is 4. The van der Waals surface area contributed by atoms with Gasteiger partial charge in [0.25, 0.3) is 0 Å². The first-order chi connectivity index (χ1) is 23.3. The minimum absolute atomic E-state index is 0.646. The highest BCUT2D eigenvalue weighted by atomic mass is 32.1. The van der Waals surface area contributed by atoms with Gasteiger partial charge in [0.2, 0.25) is 0 Å². The highest BCUT2D eigenvalue weighted by Crippen LogP contribution is 2.38. The standard InChI is InChI=1S/C43H27N3S/c1-3-12-28(13-4-1)34-21-10-16-29-17-11-22-37(40(29)34)43-45-41(30-14-5-2-6-15-30)44-42(46-43)33-19-9-18-31(26-33)32-24-25-36-35-20-7-8-23-38(35)47-39(36)27-32/h1-27H. The van der Waals surface area contributed by atoms with E-state index in [0.29, 0.717) is 17.5 Å². The zero-order valence-corrected chi connectivity index (χ0v) is 26.2. The first kappa shape index (κ1) is 27.3. The molecule has 0 fully saturated rings. The van der Waals surface area contributed by atoms with Crippen LogP contribution in [0.25, 0.3) is 87.4 Å². The van der Waals surface area contributed by atoms with Crippen LogP contribution in [0.5, 0.6) is 0 Å². The zero-order valence-electron chi connectivity index (χ0n) is 25.3. The summed E-state index contributed by atoms with van der Waals surface area (Å²) >= 11 is 1.84. The largest absolute Gasteiger partial charge is 0.208 e. The van der Waals surface area contributed by atoms with Crippen molar-refractivity contribution < 1.29 is 0 Å². The molecule has 0 bridgehead atoms. The smallest absolute Gasteiger partial charge is 0.164 e. The Kier molecular flexibility index (Phi) is 6.65. The molecule has 0 spiro atoms. The molecular weight excluding hydrogens is 591 g/mol. The molecule has 2 aromatic heterocycles. The molecule has 0 N–H and O–H groups in total. The summed E-state index contributed by atoms with van der Waals surface area (Å²) in [7, 11) is 0. The molecule has 0 amide bonds. The highest BCUT2D eigenvalue weighted by molar-refractivity contribution is 7.25. The summed E-state index contributed by atoms with van der Waals surface area (Å²) in [4.78, 5) is 15.3. The third kappa shape index (κ3) is 4.96. The first-order valence-corrected chi connectivity index (χ1v) is 16.5. The quantitative estimate of drug-likeness (QED) is 0.193. The summed E-state index contributed by atoms with van der Waals surface area (Å²) < 4.78 is 2.59. The number of aromatic nitrogens is 3. The van der Waals surface area contributed by atoms with Crippen molar-refractivity contribution in [1.29, 1.82) is 0 Å². The van der Waals surface area contributed by atoms with Crippen molar-refractivity contribution in [3.63, 3.8) is 0 Å². The van der Waals surface area contributed by atoms with Crippen molar-refractivity contribution >= 4 is 42.3 Å². The number of nitrogens with zero attached hydrogens (tertiary/aromatic N) is 3. The maximum Gasteiger partial charge on any atom is 0.164 e. The van der Waals surface area contributed by atoms with Crippen LogP contribution in [-0.2, 0) is 0 Å². The lowest BCUT2D eigenvalue weighted by Crippen LogP contribution is -2.01. The van der Waals surface area contributed by atoms with Crippen molar-refractivity contribution in [1.82, 2.24) is 15.0 Å². The number of benzene rings is 7. The molecule has 0 aliphatic heterocycles. The second-order valence-corrected chi connectivity index (χ2v) is 12.7. The summed E-state index contributed by atoms with van der Waals surface area (Å²) in [6.45, 7) is 0. The van der Waals surface area contributed by atoms with E-state index in [1.54, 1.807) is 0 Å². The number of fused-ring (bicyclic) bond motifs is 4. The van der Waals surface area contributed by atoms with Gasteiger partial charge in [0.15, 0.2) is 17.5 Å². The van der Waals surface area contributed by atoms with Crippen molar-refractivity contribution in [3.8, 4) is 56.4 Å². The van der Waals surface area contributed by atoms with E-state index in [-0.39, 0.29) is 0 Å². The molecule has 3 nitrogen and oxygen atoms in total. The predicted octanol–water partition coefficient (Wildman–Crippen LogP) is 11.7. The normalized spacial score (nSPS) is 11.4. The average Bonchev–Trinajstić information content (AvgIpc) is 3.53. The van der Waals surface area contributed by atoms with E-state index in [2.05, 4.69) is 146 Å². The zero-order chi connectivity index (χ0) is 31.2. The average molecular weight is 618 g/mol. The molecule has 0 radical (unpaired) electrons. The number of hydrogen-bond donors (Lipinski definition) is 0. The van der Waals surface area contributed by atoms with Crippen molar-refractivity contribution in [2.24, 2.45) is 0 Å². The minimum Gasteiger partial charge on any atom is -0.208 e. The van der Waals surface area contributed by atoms with Crippen molar-refractivity contribution in [2.75, 3.05) is 0 Å². The molecule has 0 aliphatic carbocycles. The number of rotatable bonds is 5. The van der Waals surface area contributed by atoms with Crippen LogP contribution >= 0.6 is 11.3 Å². The van der Waals surface area contributed by atoms with Crippen molar-refractivity contribution in [3.05, 3.63) is 164 Å². The topological polar surface area (TPSA) is 38.7 Å². The lowest BCUT2D eigenvalue weighted by Gasteiger charge is -2.14. The Morgan fingerprint density at radius 3 is 1.72 bits per heavy atom. The third-order valence-corrected chi connectivity index (χ3v) is 9.86. The minimum atomic E-state index is 0.646. The van der Waals surface area contributed by atoms with Gasteiger partial charge in [0.05, 0.1) is 0 Å². The maximum absolute atomic E-state index is 5.18. The molecule has 9 rings (SSSR count). The lowest BCUT2D eigenvalue weighted by atomic mass is 9.94. The van der Waals surface area contributed by atoms with Gasteiger partial charge in [-0.05, 0) is 45.8 Å². The molecule has 0 aliphatic rings. The summed E-state index contributed by atoms with van der Waals surface area (Å²) in [6, 6.07) is 57.4. The summed E-state index contributed by atoms with van der Waals surface area (Å²) in [5, 5.41) is 4.88. The Labute approximate surface area is 276 Å². The van der Waals surface area contributed by atoms with Gasteiger partial charge in [0.1, 0.15) is 0 Å². The van der Waals surface area contributed by atoms with Crippen LogP contribution in [0.4, 0.5) is 0 Å². The van der Waals surface area contributed by atoms with E-state index in [1.807, 2.05) is 29.5 Å². The molecule has 7 aromatic carbocycles. The summed E-state index contributed by atoms with van der Waals surface area (Å²) in [5.74, 6) is 1.95. The molecule has 0 saturated carbocycles. The van der Waals surface area contributed by atoms with Gasteiger partial charge < -0.3 is 0 Å². The van der Waals surface area contributed by atoms with Crippen LogP contribution in [0.15, 0.2) is 164 Å². The van der Waals surface area contributed by atoms with Gasteiger partial charge in [-0.3, -0.25) is 0 Å². The Bertz CT molecular complexity index is 2570. The second-order valence-electron chi connectivity index (χ2n) is 11.6. The van der Waals surface area contributed by atoms with Crippen LogP contribution < -0.4 is 0 Å². The van der Waals surface area contributed by atoms with Crippen molar-refractivity contribution in [2.45, 2.75) is 0 Å². The maximum atomic E-state index is 5.18. The molecule has 0 saturated heterocycles. The summed E-state index contributed by atoms with van der Waals surface area (Å²) in [5.41, 5.74) is 7.49. The van der Waals surface area contributed by atoms with Gasteiger partial charge in [0, 0.05) is 42.2 Å². The molecule has 4 heteroatoms. The molecule has 220 valence electrons. The summed E-state index contributed by atoms with van der Waals surface area (Å²) in [6.07, 6.45) is 0. The van der Waals surface area contributed by atoms with E-state index >= 15 is 0 Å². The molecule has 9 aromatic rings. The lowest BCUT2D eigenvalue weighted by molar-refractivity contribution is 1.08. The van der Waals surface area contributed by atoms with Gasteiger partial charge in [-0.1, -0.05) is 146 Å². The fraction of sp³-hybridized carbons (Fsp3) is 0. The fourth-order valence-electron chi connectivity index (χ4n) is 6.47. The van der Waals surface area contributed by atoms with Gasteiger partial charge in [-0.25, -0.2) is 15.0 Å². The Balaban J connectivity index is 1.22. The molecule has 0 atom stereocenters. The predicted molar refractivity (Wildman–Crippen MR) is 197 cm³/mol. The SMILES string of the molecule is c1ccc(-c2nc(-c3cccc(-c4ccc5c(c4)sc4ccccc45)c3)nc(-c3cccc4cccc(-c5ccccc5)c34)n2)cc1. The number of thiophene rings is 1. The van der Waals surface area contributed by atoms with Crippen LogP contribution in [0, 0.1) is 0 Å². The van der Waals surface area contributed by atoms with Gasteiger partial charge >= 0.3 is 0 Å². The molecular formula is C43H27N3S. The molecule has 47 heavy (non-hydrogen) atoms. The van der Waals surface area contributed by atoms with Crippen LogP contribution in [-0.4, -0.2) is 15.0 Å². The fourth-order valence-corrected chi connectivity index (χ4v) is 7.62. The van der Waals surface area contributed by atoms with Gasteiger partial charge in [-0.15, -0.1) is 11.3 Å². The molecule has 0 unspecified atom stereocenters. The molecule has 2 heterocycles. The first-order valence-electron chi connectivity index (χ1n) is 15.7. The Morgan fingerprint density at radius 1 is 0.340 bits per heavy atom. The van der Waals surface area contributed by atoms with Crippen LogP contribution in [0.3, 0.4) is 0 Å². The van der Waals surface area contributed by atoms with Crippen LogP contribution in [0.1, 0.15) is 0 Å².